The van der Waals surface area contributed by atoms with Crippen LogP contribution < -0.4 is 10.6 Å². The van der Waals surface area contributed by atoms with Crippen molar-refractivity contribution in [3.8, 4) is 0 Å². The van der Waals surface area contributed by atoms with Gasteiger partial charge in [0.05, 0.1) is 18.8 Å². The zero-order valence-corrected chi connectivity index (χ0v) is 10.9. The van der Waals surface area contributed by atoms with E-state index in [1.807, 2.05) is 13.1 Å². The zero-order chi connectivity index (χ0) is 12.5. The van der Waals surface area contributed by atoms with Crippen LogP contribution in [0.25, 0.3) is 0 Å². The van der Waals surface area contributed by atoms with Crippen LogP contribution in [0.3, 0.4) is 0 Å². The van der Waals surface area contributed by atoms with Crippen molar-refractivity contribution in [3.63, 3.8) is 0 Å². The Kier molecular flexibility index (Phi) is 3.22. The average Bonchev–Trinajstić information content (AvgIpc) is 2.87. The third-order valence-electron chi connectivity index (χ3n) is 4.07. The van der Waals surface area contributed by atoms with Crippen LogP contribution in [0.15, 0.2) is 18.3 Å². The van der Waals surface area contributed by atoms with E-state index in [9.17, 15) is 0 Å². The van der Waals surface area contributed by atoms with Crippen molar-refractivity contribution in [2.45, 2.75) is 44.4 Å². The Labute approximate surface area is 108 Å². The molecule has 1 saturated heterocycles. The molecule has 98 valence electrons. The fourth-order valence-corrected chi connectivity index (χ4v) is 3.05. The molecule has 4 nitrogen and oxygen atoms in total. The maximum Gasteiger partial charge on any atom is 0.128 e. The summed E-state index contributed by atoms with van der Waals surface area (Å²) in [7, 11) is 0. The van der Waals surface area contributed by atoms with Crippen LogP contribution in [-0.4, -0.2) is 30.3 Å². The number of anilines is 1. The summed E-state index contributed by atoms with van der Waals surface area (Å²) in [4.78, 5) is 6.98. The molecule has 2 N–H and O–H groups in total. The summed E-state index contributed by atoms with van der Waals surface area (Å²) in [6, 6.07) is 4.76. The van der Waals surface area contributed by atoms with Crippen molar-refractivity contribution in [2.75, 3.05) is 18.1 Å². The molecule has 0 amide bonds. The number of aromatic nitrogens is 1. The first-order chi connectivity index (χ1) is 8.75. The van der Waals surface area contributed by atoms with Gasteiger partial charge in [0.1, 0.15) is 5.82 Å². The predicted molar refractivity (Wildman–Crippen MR) is 71.6 cm³/mol. The Morgan fingerprint density at radius 2 is 2.33 bits per heavy atom. The Morgan fingerprint density at radius 1 is 1.44 bits per heavy atom. The van der Waals surface area contributed by atoms with Gasteiger partial charge in [0.2, 0.25) is 0 Å². The van der Waals surface area contributed by atoms with Gasteiger partial charge in [-0.25, -0.2) is 4.98 Å². The minimum atomic E-state index is 0.0514. The molecule has 1 aliphatic carbocycles. The topological polar surface area (TPSA) is 51.4 Å². The molecule has 3 unspecified atom stereocenters. The van der Waals surface area contributed by atoms with Gasteiger partial charge in [0, 0.05) is 18.8 Å². The van der Waals surface area contributed by atoms with E-state index in [1.54, 1.807) is 0 Å². The number of morpholine rings is 1. The van der Waals surface area contributed by atoms with E-state index < -0.39 is 0 Å². The number of hydrogen-bond acceptors (Lipinski definition) is 4. The highest BCUT2D eigenvalue weighted by Gasteiger charge is 2.36. The van der Waals surface area contributed by atoms with Gasteiger partial charge < -0.3 is 15.4 Å². The molecule has 2 aliphatic rings. The van der Waals surface area contributed by atoms with E-state index in [0.717, 1.165) is 24.5 Å². The minimum Gasteiger partial charge on any atom is -0.374 e. The molecule has 1 aromatic rings. The smallest absolute Gasteiger partial charge is 0.128 e. The van der Waals surface area contributed by atoms with E-state index >= 15 is 0 Å². The van der Waals surface area contributed by atoms with E-state index in [-0.39, 0.29) is 6.04 Å². The molecule has 2 fully saturated rings. The van der Waals surface area contributed by atoms with Gasteiger partial charge in [-0.2, -0.15) is 0 Å². The van der Waals surface area contributed by atoms with Crippen molar-refractivity contribution in [2.24, 2.45) is 5.73 Å². The van der Waals surface area contributed by atoms with Crippen molar-refractivity contribution in [1.29, 1.82) is 0 Å². The maximum atomic E-state index is 5.85. The quantitative estimate of drug-likeness (QED) is 0.866. The monoisotopic (exact) mass is 247 g/mol. The van der Waals surface area contributed by atoms with Crippen LogP contribution >= 0.6 is 0 Å². The van der Waals surface area contributed by atoms with Gasteiger partial charge in [-0.3, -0.25) is 0 Å². The number of rotatable bonds is 2. The molecule has 0 bridgehead atoms. The third kappa shape index (κ3) is 2.10. The summed E-state index contributed by atoms with van der Waals surface area (Å²) in [5, 5.41) is 0. The van der Waals surface area contributed by atoms with Crippen molar-refractivity contribution >= 4 is 5.82 Å². The van der Waals surface area contributed by atoms with Crippen LogP contribution in [0.1, 0.15) is 37.8 Å². The lowest BCUT2D eigenvalue weighted by Gasteiger charge is -2.38. The molecule has 1 aliphatic heterocycles. The SMILES string of the molecule is CC(N)c1ccc(N2CCOC3CCCC32)nc1. The predicted octanol–water partition coefficient (Wildman–Crippen LogP) is 1.86. The van der Waals surface area contributed by atoms with Crippen LogP contribution in [0.5, 0.6) is 0 Å². The van der Waals surface area contributed by atoms with Crippen LogP contribution in [0.2, 0.25) is 0 Å². The third-order valence-corrected chi connectivity index (χ3v) is 4.07. The molecule has 4 heteroatoms. The lowest BCUT2D eigenvalue weighted by molar-refractivity contribution is 0.0253. The van der Waals surface area contributed by atoms with E-state index in [1.165, 1.54) is 19.3 Å². The summed E-state index contributed by atoms with van der Waals surface area (Å²) in [5.74, 6) is 1.07. The van der Waals surface area contributed by atoms with Crippen molar-refractivity contribution in [1.82, 2.24) is 4.98 Å². The number of nitrogens with two attached hydrogens (primary N) is 1. The second-order valence-corrected chi connectivity index (χ2v) is 5.34. The maximum absolute atomic E-state index is 5.85. The second-order valence-electron chi connectivity index (χ2n) is 5.34. The summed E-state index contributed by atoms with van der Waals surface area (Å²) in [6.45, 7) is 3.75. The summed E-state index contributed by atoms with van der Waals surface area (Å²) in [5.41, 5.74) is 6.95. The van der Waals surface area contributed by atoms with Gasteiger partial charge in [0.15, 0.2) is 0 Å². The largest absolute Gasteiger partial charge is 0.374 e. The molecular weight excluding hydrogens is 226 g/mol. The number of nitrogens with zero attached hydrogens (tertiary/aromatic N) is 2. The number of hydrogen-bond donors (Lipinski definition) is 1. The standard InChI is InChI=1S/C14H21N3O/c1-10(15)11-5-6-14(16-9-11)17-7-8-18-13-4-2-3-12(13)17/h5-6,9-10,12-13H,2-4,7-8,15H2,1H3. The first-order valence-corrected chi connectivity index (χ1v) is 6.85. The molecule has 0 radical (unpaired) electrons. The lowest BCUT2D eigenvalue weighted by atomic mass is 10.1. The summed E-state index contributed by atoms with van der Waals surface area (Å²) >= 11 is 0. The second kappa shape index (κ2) is 4.86. The molecular formula is C14H21N3O. The minimum absolute atomic E-state index is 0.0514. The fourth-order valence-electron chi connectivity index (χ4n) is 3.05. The molecule has 0 aromatic carbocycles. The molecule has 3 atom stereocenters. The summed E-state index contributed by atoms with van der Waals surface area (Å²) in [6.07, 6.45) is 6.00. The van der Waals surface area contributed by atoms with Crippen molar-refractivity contribution in [3.05, 3.63) is 23.9 Å². The Morgan fingerprint density at radius 3 is 3.06 bits per heavy atom. The highest BCUT2D eigenvalue weighted by atomic mass is 16.5. The number of pyridine rings is 1. The Bertz CT molecular complexity index is 404. The number of ether oxygens (including phenoxy) is 1. The first kappa shape index (κ1) is 11.9. The van der Waals surface area contributed by atoms with Gasteiger partial charge in [0.25, 0.3) is 0 Å². The van der Waals surface area contributed by atoms with Crippen LogP contribution in [-0.2, 0) is 4.74 Å². The molecule has 2 heterocycles. The van der Waals surface area contributed by atoms with E-state index in [2.05, 4.69) is 22.0 Å². The first-order valence-electron chi connectivity index (χ1n) is 6.85. The van der Waals surface area contributed by atoms with E-state index in [0.29, 0.717) is 12.1 Å². The Hall–Kier alpha value is -1.13. The van der Waals surface area contributed by atoms with Gasteiger partial charge in [-0.1, -0.05) is 6.07 Å². The van der Waals surface area contributed by atoms with Gasteiger partial charge in [-0.05, 0) is 37.8 Å². The molecule has 1 aromatic heterocycles. The molecule has 18 heavy (non-hydrogen) atoms. The van der Waals surface area contributed by atoms with Crippen LogP contribution in [0.4, 0.5) is 5.82 Å². The van der Waals surface area contributed by atoms with E-state index in [4.69, 9.17) is 10.5 Å². The van der Waals surface area contributed by atoms with Crippen molar-refractivity contribution < 1.29 is 4.74 Å². The Balaban J connectivity index is 1.80. The highest BCUT2D eigenvalue weighted by Crippen LogP contribution is 2.32. The zero-order valence-electron chi connectivity index (χ0n) is 10.9. The highest BCUT2D eigenvalue weighted by molar-refractivity contribution is 5.42. The number of fused-ring (bicyclic) bond motifs is 1. The normalized spacial score (nSPS) is 29.1. The van der Waals surface area contributed by atoms with Crippen LogP contribution in [0, 0.1) is 0 Å². The molecule has 0 spiro atoms. The van der Waals surface area contributed by atoms with Gasteiger partial charge in [-0.15, -0.1) is 0 Å². The van der Waals surface area contributed by atoms with Gasteiger partial charge >= 0.3 is 0 Å². The molecule has 3 rings (SSSR count). The average molecular weight is 247 g/mol. The fraction of sp³-hybridized carbons (Fsp3) is 0.643. The summed E-state index contributed by atoms with van der Waals surface area (Å²) < 4.78 is 5.83. The lowest BCUT2D eigenvalue weighted by Crippen LogP contribution is -2.49. The molecule has 1 saturated carbocycles.